The Morgan fingerprint density at radius 3 is 2.59 bits per heavy atom. The first-order chi connectivity index (χ1) is 13.0. The van der Waals surface area contributed by atoms with Crippen molar-refractivity contribution < 1.29 is 23.0 Å². The van der Waals surface area contributed by atoms with Crippen molar-refractivity contribution in [2.75, 3.05) is 20.3 Å². The summed E-state index contributed by atoms with van der Waals surface area (Å²) in [4.78, 5) is 0. The molecule has 0 bridgehead atoms. The van der Waals surface area contributed by atoms with Gasteiger partial charge in [-0.2, -0.15) is 0 Å². The van der Waals surface area contributed by atoms with Gasteiger partial charge in [0.25, 0.3) is 0 Å². The van der Waals surface area contributed by atoms with Crippen LogP contribution in [-0.4, -0.2) is 75.1 Å². The molecule has 4 heterocycles. The van der Waals surface area contributed by atoms with E-state index in [1.807, 2.05) is 0 Å². The summed E-state index contributed by atoms with van der Waals surface area (Å²) in [6, 6.07) is -0.147. The molecule has 156 valence electrons. The lowest BCUT2D eigenvalue weighted by Gasteiger charge is -2.39. The van der Waals surface area contributed by atoms with Crippen LogP contribution in [-0.2, 0) is 14.2 Å². The van der Waals surface area contributed by atoms with E-state index in [-0.39, 0.29) is 55.1 Å². The lowest BCUT2D eigenvalue weighted by atomic mass is 9.94. The summed E-state index contributed by atoms with van der Waals surface area (Å²) >= 11 is 0. The Morgan fingerprint density at radius 1 is 1.15 bits per heavy atom. The van der Waals surface area contributed by atoms with E-state index in [4.69, 9.17) is 14.2 Å². The first kappa shape index (κ1) is 19.9. The summed E-state index contributed by atoms with van der Waals surface area (Å²) in [6.45, 7) is 3.62. The standard InChI is InChI=1S/C18H32F2N4O3/c1-18(5-6-26-9-18)24-17-16(27-17)15-11(25-2)3-4-14(23-15)21-10-7-12(19)22-13(20)8-10/h10-17,21-24H,3-9H2,1-2H3. The third-order valence-corrected chi connectivity index (χ3v) is 6.21. The molecule has 0 aliphatic carbocycles. The third kappa shape index (κ3) is 4.77. The molecule has 27 heavy (non-hydrogen) atoms. The zero-order valence-corrected chi connectivity index (χ0v) is 16.0. The predicted octanol–water partition coefficient (Wildman–Crippen LogP) is 0.506. The zero-order valence-electron chi connectivity index (χ0n) is 16.0. The van der Waals surface area contributed by atoms with E-state index in [1.54, 1.807) is 7.11 Å². The van der Waals surface area contributed by atoms with Gasteiger partial charge in [-0.05, 0) is 26.2 Å². The SMILES string of the molecule is COC1CCC(NC2CC(F)NC(F)C2)NC1C1OC1NC1(C)CCOC1. The summed E-state index contributed by atoms with van der Waals surface area (Å²) < 4.78 is 44.2. The topological polar surface area (TPSA) is 79.1 Å². The minimum atomic E-state index is -1.30. The number of methoxy groups -OCH3 is 1. The smallest absolute Gasteiger partial charge is 0.154 e. The second-order valence-electron chi connectivity index (χ2n) is 8.56. The van der Waals surface area contributed by atoms with E-state index in [0.29, 0.717) is 6.61 Å². The minimum absolute atomic E-state index is 0.000786. The molecule has 7 nitrogen and oxygen atoms in total. The maximum absolute atomic E-state index is 13.6. The normalized spacial score (nSPS) is 50.7. The van der Waals surface area contributed by atoms with Gasteiger partial charge in [0.2, 0.25) is 0 Å². The van der Waals surface area contributed by atoms with E-state index in [2.05, 4.69) is 28.2 Å². The zero-order chi connectivity index (χ0) is 19.0. The van der Waals surface area contributed by atoms with Gasteiger partial charge in [0.05, 0.1) is 24.9 Å². The highest BCUT2D eigenvalue weighted by molar-refractivity contribution is 5.04. The number of epoxide rings is 1. The number of rotatable bonds is 6. The Balaban J connectivity index is 1.31. The van der Waals surface area contributed by atoms with Gasteiger partial charge in [-0.15, -0.1) is 0 Å². The Morgan fingerprint density at radius 2 is 1.93 bits per heavy atom. The van der Waals surface area contributed by atoms with Gasteiger partial charge in [0.15, 0.2) is 12.6 Å². The Bertz CT molecular complexity index is 501. The van der Waals surface area contributed by atoms with Gasteiger partial charge >= 0.3 is 0 Å². The number of hydrogen-bond donors (Lipinski definition) is 4. The molecular formula is C18H32F2N4O3. The molecule has 8 unspecified atom stereocenters. The fourth-order valence-corrected chi connectivity index (χ4v) is 4.62. The average molecular weight is 390 g/mol. The largest absolute Gasteiger partial charge is 0.380 e. The van der Waals surface area contributed by atoms with E-state index in [0.717, 1.165) is 25.9 Å². The second kappa shape index (κ2) is 8.14. The summed E-state index contributed by atoms with van der Waals surface area (Å²) in [5, 5.41) is 12.8. The highest BCUT2D eigenvalue weighted by Gasteiger charge is 2.52. The molecule has 4 fully saturated rings. The lowest BCUT2D eigenvalue weighted by Crippen LogP contribution is -2.62. The maximum atomic E-state index is 13.6. The Hall–Kier alpha value is -0.420. The van der Waals surface area contributed by atoms with Crippen LogP contribution in [0, 0.1) is 0 Å². The van der Waals surface area contributed by atoms with E-state index >= 15 is 0 Å². The van der Waals surface area contributed by atoms with Crippen molar-refractivity contribution in [3.05, 3.63) is 0 Å². The van der Waals surface area contributed by atoms with Gasteiger partial charge in [-0.25, -0.2) is 8.78 Å². The molecule has 0 saturated carbocycles. The summed E-state index contributed by atoms with van der Waals surface area (Å²) in [5.41, 5.74) is -0.0460. The van der Waals surface area contributed by atoms with Crippen LogP contribution >= 0.6 is 0 Å². The molecule has 0 aromatic carbocycles. The molecular weight excluding hydrogens is 358 g/mol. The summed E-state index contributed by atoms with van der Waals surface area (Å²) in [6.07, 6.45) is 0.716. The van der Waals surface area contributed by atoms with Crippen molar-refractivity contribution in [2.45, 2.75) is 93.8 Å². The van der Waals surface area contributed by atoms with Crippen molar-refractivity contribution in [1.29, 1.82) is 0 Å². The number of piperidine rings is 2. The Labute approximate surface area is 159 Å². The van der Waals surface area contributed by atoms with Crippen LogP contribution in [0.2, 0.25) is 0 Å². The quantitative estimate of drug-likeness (QED) is 0.389. The predicted molar refractivity (Wildman–Crippen MR) is 95.5 cm³/mol. The van der Waals surface area contributed by atoms with E-state index in [1.165, 1.54) is 0 Å². The minimum Gasteiger partial charge on any atom is -0.380 e. The molecule has 0 aromatic heterocycles. The molecule has 0 aromatic rings. The van der Waals surface area contributed by atoms with Crippen LogP contribution < -0.4 is 21.3 Å². The highest BCUT2D eigenvalue weighted by Crippen LogP contribution is 2.33. The lowest BCUT2D eigenvalue weighted by molar-refractivity contribution is 0.0134. The van der Waals surface area contributed by atoms with Crippen LogP contribution in [0.3, 0.4) is 0 Å². The van der Waals surface area contributed by atoms with Gasteiger partial charge in [-0.3, -0.25) is 21.3 Å². The first-order valence-electron chi connectivity index (χ1n) is 10.1. The molecule has 4 aliphatic rings. The number of hydrogen-bond acceptors (Lipinski definition) is 7. The van der Waals surface area contributed by atoms with Crippen LogP contribution in [0.15, 0.2) is 0 Å². The second-order valence-corrected chi connectivity index (χ2v) is 8.56. The monoisotopic (exact) mass is 390 g/mol. The van der Waals surface area contributed by atoms with E-state index < -0.39 is 12.6 Å². The van der Waals surface area contributed by atoms with Crippen LogP contribution in [0.4, 0.5) is 8.78 Å². The fourth-order valence-electron chi connectivity index (χ4n) is 4.62. The van der Waals surface area contributed by atoms with Gasteiger partial charge in [0, 0.05) is 38.1 Å². The van der Waals surface area contributed by atoms with Crippen molar-refractivity contribution >= 4 is 0 Å². The van der Waals surface area contributed by atoms with Crippen LogP contribution in [0.1, 0.15) is 39.0 Å². The van der Waals surface area contributed by atoms with Crippen LogP contribution in [0.5, 0.6) is 0 Å². The first-order valence-corrected chi connectivity index (χ1v) is 10.1. The molecule has 4 aliphatic heterocycles. The van der Waals surface area contributed by atoms with Gasteiger partial charge in [-0.1, -0.05) is 0 Å². The number of ether oxygens (including phenoxy) is 3. The molecule has 0 radical (unpaired) electrons. The average Bonchev–Trinajstić information content (AvgIpc) is 3.23. The molecule has 0 spiro atoms. The van der Waals surface area contributed by atoms with Crippen molar-refractivity contribution in [3.63, 3.8) is 0 Å². The summed E-state index contributed by atoms with van der Waals surface area (Å²) in [5.74, 6) is 0. The number of alkyl halides is 2. The van der Waals surface area contributed by atoms with Crippen molar-refractivity contribution in [3.8, 4) is 0 Å². The fraction of sp³-hybridized carbons (Fsp3) is 1.00. The highest BCUT2D eigenvalue weighted by atomic mass is 19.2. The van der Waals surface area contributed by atoms with Crippen molar-refractivity contribution in [2.24, 2.45) is 0 Å². The van der Waals surface area contributed by atoms with Crippen molar-refractivity contribution in [1.82, 2.24) is 21.3 Å². The van der Waals surface area contributed by atoms with Crippen LogP contribution in [0.25, 0.3) is 0 Å². The molecule has 4 saturated heterocycles. The maximum Gasteiger partial charge on any atom is 0.154 e. The Kier molecular flexibility index (Phi) is 5.99. The molecule has 9 heteroatoms. The number of nitrogens with one attached hydrogen (secondary N) is 4. The number of halogens is 2. The molecule has 0 amide bonds. The van der Waals surface area contributed by atoms with Gasteiger partial charge in [0.1, 0.15) is 12.3 Å². The molecule has 4 N–H and O–H groups in total. The van der Waals surface area contributed by atoms with E-state index in [9.17, 15) is 8.78 Å². The third-order valence-electron chi connectivity index (χ3n) is 6.21. The summed E-state index contributed by atoms with van der Waals surface area (Å²) in [7, 11) is 1.72. The molecule has 4 rings (SSSR count). The molecule has 8 atom stereocenters. The van der Waals surface area contributed by atoms with Gasteiger partial charge < -0.3 is 14.2 Å².